The minimum Gasteiger partial charge on any atom is -0.347 e. The first kappa shape index (κ1) is 11.9. The number of hydrogen-bond acceptors (Lipinski definition) is 3. The van der Waals surface area contributed by atoms with E-state index < -0.39 is 12.2 Å². The van der Waals surface area contributed by atoms with E-state index in [9.17, 15) is 14.0 Å². The van der Waals surface area contributed by atoms with Crippen LogP contribution in [0.1, 0.15) is 6.42 Å². The number of likely N-dealkylation sites (N-methyl/N-ethyl adjacent to an activating group) is 1. The summed E-state index contributed by atoms with van der Waals surface area (Å²) in [6.07, 6.45) is -0.785. The Morgan fingerprint density at radius 1 is 1.53 bits per heavy atom. The van der Waals surface area contributed by atoms with Crippen LogP contribution in [0, 0.1) is 0 Å². The molecule has 86 valence electrons. The summed E-state index contributed by atoms with van der Waals surface area (Å²) < 4.78 is 12.7. The smallest absolute Gasteiger partial charge is 0.241 e. The standard InChI is InChI=1S/C9H16FN3O2/c1-13(2)8(14)5-12-9(15)7-3-6(10)4-11-7/h6-7,11H,3-5H2,1-2H3,(H,12,15)/t6-,7+/m0/s1. The molecule has 2 N–H and O–H groups in total. The molecule has 5 nitrogen and oxygen atoms in total. The van der Waals surface area contributed by atoms with Crippen molar-refractivity contribution in [2.45, 2.75) is 18.6 Å². The fourth-order valence-electron chi connectivity index (χ4n) is 1.34. The largest absolute Gasteiger partial charge is 0.347 e. The zero-order valence-corrected chi connectivity index (χ0v) is 8.92. The van der Waals surface area contributed by atoms with Crippen molar-refractivity contribution < 1.29 is 14.0 Å². The Morgan fingerprint density at radius 3 is 2.67 bits per heavy atom. The molecule has 6 heteroatoms. The van der Waals surface area contributed by atoms with Crippen molar-refractivity contribution in [3.8, 4) is 0 Å². The maximum absolute atomic E-state index is 12.7. The summed E-state index contributed by atoms with van der Waals surface area (Å²) in [6.45, 7) is 0.167. The number of carbonyl (C=O) groups excluding carboxylic acids is 2. The third-order valence-electron chi connectivity index (χ3n) is 2.31. The van der Waals surface area contributed by atoms with Gasteiger partial charge in [-0.15, -0.1) is 0 Å². The fraction of sp³-hybridized carbons (Fsp3) is 0.778. The van der Waals surface area contributed by atoms with Crippen LogP contribution in [0.4, 0.5) is 4.39 Å². The predicted molar refractivity (Wildman–Crippen MR) is 53.0 cm³/mol. The van der Waals surface area contributed by atoms with Gasteiger partial charge in [0.25, 0.3) is 0 Å². The molecule has 2 atom stereocenters. The maximum atomic E-state index is 12.7. The molecule has 1 rings (SSSR count). The van der Waals surface area contributed by atoms with Crippen LogP contribution in [0.3, 0.4) is 0 Å². The molecular formula is C9H16FN3O2. The second kappa shape index (κ2) is 5.06. The minimum atomic E-state index is -0.967. The molecule has 1 aliphatic heterocycles. The van der Waals surface area contributed by atoms with Gasteiger partial charge in [-0.2, -0.15) is 0 Å². The lowest BCUT2D eigenvalue weighted by Gasteiger charge is -2.13. The molecular weight excluding hydrogens is 201 g/mol. The average Bonchev–Trinajstić information content (AvgIpc) is 2.60. The average molecular weight is 217 g/mol. The van der Waals surface area contributed by atoms with Crippen molar-refractivity contribution >= 4 is 11.8 Å². The summed E-state index contributed by atoms with van der Waals surface area (Å²) in [5, 5.41) is 5.21. The number of hydrogen-bond donors (Lipinski definition) is 2. The summed E-state index contributed by atoms with van der Waals surface area (Å²) >= 11 is 0. The Morgan fingerprint density at radius 2 is 2.20 bits per heavy atom. The van der Waals surface area contributed by atoms with Crippen molar-refractivity contribution in [2.24, 2.45) is 0 Å². The molecule has 0 aromatic heterocycles. The van der Waals surface area contributed by atoms with Gasteiger partial charge in [0.15, 0.2) is 0 Å². The lowest BCUT2D eigenvalue weighted by atomic mass is 10.2. The summed E-state index contributed by atoms with van der Waals surface area (Å²) in [6, 6.07) is -0.505. The van der Waals surface area contributed by atoms with Gasteiger partial charge in [-0.3, -0.25) is 9.59 Å². The molecule has 0 saturated carbocycles. The third kappa shape index (κ3) is 3.47. The number of alkyl halides is 1. The van der Waals surface area contributed by atoms with Gasteiger partial charge < -0.3 is 15.5 Å². The first-order valence-electron chi connectivity index (χ1n) is 4.86. The molecule has 0 spiro atoms. The quantitative estimate of drug-likeness (QED) is 0.630. The van der Waals surface area contributed by atoms with Crippen molar-refractivity contribution in [3.05, 3.63) is 0 Å². The monoisotopic (exact) mass is 217 g/mol. The lowest BCUT2D eigenvalue weighted by molar-refractivity contribution is -0.131. The van der Waals surface area contributed by atoms with Gasteiger partial charge in [0.1, 0.15) is 6.17 Å². The molecule has 0 bridgehead atoms. The van der Waals surface area contributed by atoms with Crippen molar-refractivity contribution in [2.75, 3.05) is 27.2 Å². The highest BCUT2D eigenvalue weighted by atomic mass is 19.1. The number of rotatable bonds is 3. The summed E-state index contributed by atoms with van der Waals surface area (Å²) in [4.78, 5) is 23.9. The van der Waals surface area contributed by atoms with E-state index in [-0.39, 0.29) is 31.3 Å². The van der Waals surface area contributed by atoms with Crippen LogP contribution in [0.15, 0.2) is 0 Å². The Kier molecular flexibility index (Phi) is 4.02. The molecule has 1 aliphatic rings. The highest BCUT2D eigenvalue weighted by molar-refractivity contribution is 5.87. The molecule has 0 aromatic carbocycles. The SMILES string of the molecule is CN(C)C(=O)CNC(=O)[C@H]1C[C@H](F)CN1. The highest BCUT2D eigenvalue weighted by Crippen LogP contribution is 2.09. The van der Waals surface area contributed by atoms with Gasteiger partial charge in [-0.1, -0.05) is 0 Å². The summed E-state index contributed by atoms with van der Waals surface area (Å²) in [5.41, 5.74) is 0. The first-order valence-corrected chi connectivity index (χ1v) is 4.86. The van der Waals surface area contributed by atoms with Gasteiger partial charge >= 0.3 is 0 Å². The molecule has 2 amide bonds. The van der Waals surface area contributed by atoms with E-state index in [0.717, 1.165) is 0 Å². The normalized spacial score (nSPS) is 25.0. The Labute approximate surface area is 88.0 Å². The van der Waals surface area contributed by atoms with Crippen LogP contribution >= 0.6 is 0 Å². The van der Waals surface area contributed by atoms with Crippen LogP contribution in [-0.4, -0.2) is 56.1 Å². The number of nitrogens with one attached hydrogen (secondary N) is 2. The van der Waals surface area contributed by atoms with Crippen molar-refractivity contribution in [1.82, 2.24) is 15.5 Å². The maximum Gasteiger partial charge on any atom is 0.241 e. The molecule has 1 saturated heterocycles. The first-order chi connectivity index (χ1) is 7.00. The van der Waals surface area contributed by atoms with E-state index in [1.54, 1.807) is 14.1 Å². The zero-order valence-electron chi connectivity index (χ0n) is 8.92. The number of halogens is 1. The molecule has 0 radical (unpaired) electrons. The Balaban J connectivity index is 2.27. The van der Waals surface area contributed by atoms with E-state index in [0.29, 0.717) is 0 Å². The van der Waals surface area contributed by atoms with Crippen LogP contribution in [0.2, 0.25) is 0 Å². The number of carbonyl (C=O) groups is 2. The van der Waals surface area contributed by atoms with Gasteiger partial charge in [-0.05, 0) is 0 Å². The van der Waals surface area contributed by atoms with Crippen LogP contribution in [0.5, 0.6) is 0 Å². The fourth-order valence-corrected chi connectivity index (χ4v) is 1.34. The van der Waals surface area contributed by atoms with Gasteiger partial charge in [0.2, 0.25) is 11.8 Å². The third-order valence-corrected chi connectivity index (χ3v) is 2.31. The highest BCUT2D eigenvalue weighted by Gasteiger charge is 2.29. The van der Waals surface area contributed by atoms with E-state index in [2.05, 4.69) is 10.6 Å². The zero-order chi connectivity index (χ0) is 11.4. The van der Waals surface area contributed by atoms with Gasteiger partial charge in [0.05, 0.1) is 12.6 Å². The Bertz CT molecular complexity index is 258. The molecule has 15 heavy (non-hydrogen) atoms. The molecule has 0 aromatic rings. The lowest BCUT2D eigenvalue weighted by Crippen LogP contribution is -2.44. The second-order valence-electron chi connectivity index (χ2n) is 3.80. The van der Waals surface area contributed by atoms with Gasteiger partial charge in [-0.25, -0.2) is 4.39 Å². The summed E-state index contributed by atoms with van der Waals surface area (Å²) in [5.74, 6) is -0.497. The summed E-state index contributed by atoms with van der Waals surface area (Å²) in [7, 11) is 3.22. The Hall–Kier alpha value is -1.17. The van der Waals surface area contributed by atoms with Crippen LogP contribution < -0.4 is 10.6 Å². The van der Waals surface area contributed by atoms with E-state index in [1.807, 2.05) is 0 Å². The molecule has 1 heterocycles. The second-order valence-corrected chi connectivity index (χ2v) is 3.80. The van der Waals surface area contributed by atoms with E-state index in [4.69, 9.17) is 0 Å². The van der Waals surface area contributed by atoms with Crippen LogP contribution in [0.25, 0.3) is 0 Å². The van der Waals surface area contributed by atoms with E-state index in [1.165, 1.54) is 4.90 Å². The minimum absolute atomic E-state index is 0.0407. The van der Waals surface area contributed by atoms with E-state index >= 15 is 0 Å². The van der Waals surface area contributed by atoms with Gasteiger partial charge in [0, 0.05) is 27.1 Å². The molecule has 0 aliphatic carbocycles. The van der Waals surface area contributed by atoms with Crippen molar-refractivity contribution in [3.63, 3.8) is 0 Å². The predicted octanol–water partition coefficient (Wildman–Crippen LogP) is -1.11. The number of amides is 2. The molecule has 0 unspecified atom stereocenters. The van der Waals surface area contributed by atoms with Crippen LogP contribution in [-0.2, 0) is 9.59 Å². The molecule has 1 fully saturated rings. The topological polar surface area (TPSA) is 61.4 Å². The van der Waals surface area contributed by atoms with Crippen molar-refractivity contribution in [1.29, 1.82) is 0 Å². The number of nitrogens with zero attached hydrogens (tertiary/aromatic N) is 1.